The number of amides is 1. The number of alkyl halides is 5. The predicted octanol–water partition coefficient (Wildman–Crippen LogP) is 3.83. The lowest BCUT2D eigenvalue weighted by Crippen LogP contribution is -2.52. The van der Waals surface area contributed by atoms with Gasteiger partial charge >= 0.3 is 6.18 Å². The largest absolute Gasteiger partial charge is 0.449 e. The van der Waals surface area contributed by atoms with Gasteiger partial charge in [-0.15, -0.1) is 0 Å². The molecule has 0 radical (unpaired) electrons. The Bertz CT molecular complexity index is 966. The lowest BCUT2D eigenvalue weighted by Gasteiger charge is -2.36. The molecule has 1 fully saturated rings. The Hall–Kier alpha value is -2.40. The number of anilines is 1. The van der Waals surface area contributed by atoms with Gasteiger partial charge in [0, 0.05) is 18.5 Å². The average molecular weight is 448 g/mol. The van der Waals surface area contributed by atoms with E-state index in [9.17, 15) is 18.0 Å². The monoisotopic (exact) mass is 448 g/mol. The van der Waals surface area contributed by atoms with Crippen molar-refractivity contribution in [1.29, 1.82) is 0 Å². The number of ether oxygens (including phenoxy) is 2. The molecule has 0 saturated carbocycles. The number of hydrogen-bond donors (Lipinski definition) is 1. The van der Waals surface area contributed by atoms with Crippen molar-refractivity contribution in [1.82, 2.24) is 5.32 Å². The SMILES string of the molecule is CC[C@@H]1CO[C@H](C(F)(F)CN2CCNC(=O)c3oc4ccc(C(F)(F)F)cc4c32)CO1. The Labute approximate surface area is 174 Å². The minimum Gasteiger partial charge on any atom is -0.449 e. The maximum absolute atomic E-state index is 15.1. The molecule has 0 unspecified atom stereocenters. The summed E-state index contributed by atoms with van der Waals surface area (Å²) in [5.41, 5.74) is -1.04. The summed E-state index contributed by atoms with van der Waals surface area (Å²) in [4.78, 5) is 13.5. The molecule has 3 heterocycles. The first-order valence-electron chi connectivity index (χ1n) is 9.88. The zero-order valence-electron chi connectivity index (χ0n) is 16.6. The number of halogens is 5. The standard InChI is InChI=1S/C20H21F5N2O4/c1-2-12-8-30-15(9-29-12)19(21,22)10-27-6-5-26-18(28)17-16(27)13-7-11(20(23,24)25)3-4-14(13)31-17/h3-4,7,12,15H,2,5-6,8-10H2,1H3,(H,26,28)/t12-,15+/m1/s1. The second kappa shape index (κ2) is 7.94. The van der Waals surface area contributed by atoms with E-state index in [2.05, 4.69) is 5.32 Å². The Morgan fingerprint density at radius 1 is 1.16 bits per heavy atom. The molecular formula is C20H21F5N2O4. The van der Waals surface area contributed by atoms with Crippen molar-refractivity contribution in [2.75, 3.05) is 37.7 Å². The summed E-state index contributed by atoms with van der Waals surface area (Å²) in [5.74, 6) is -4.35. The summed E-state index contributed by atoms with van der Waals surface area (Å²) in [7, 11) is 0. The van der Waals surface area contributed by atoms with Gasteiger partial charge in [0.25, 0.3) is 11.8 Å². The molecule has 2 aliphatic rings. The van der Waals surface area contributed by atoms with Crippen LogP contribution in [0.5, 0.6) is 0 Å². The zero-order valence-corrected chi connectivity index (χ0v) is 16.6. The smallest absolute Gasteiger partial charge is 0.416 e. The number of fused-ring (bicyclic) bond motifs is 3. The number of rotatable bonds is 4. The van der Waals surface area contributed by atoms with Crippen LogP contribution in [0, 0.1) is 0 Å². The van der Waals surface area contributed by atoms with Crippen molar-refractivity contribution >= 4 is 22.6 Å². The third kappa shape index (κ3) is 4.20. The molecule has 0 spiro atoms. The summed E-state index contributed by atoms with van der Waals surface area (Å²) in [5, 5.41) is 2.47. The van der Waals surface area contributed by atoms with Crippen molar-refractivity contribution < 1.29 is 40.6 Å². The van der Waals surface area contributed by atoms with Crippen LogP contribution in [0.4, 0.5) is 27.6 Å². The van der Waals surface area contributed by atoms with Crippen molar-refractivity contribution in [2.45, 2.75) is 37.7 Å². The van der Waals surface area contributed by atoms with E-state index in [1.165, 1.54) is 4.90 Å². The molecule has 1 N–H and O–H groups in total. The highest BCUT2D eigenvalue weighted by Gasteiger charge is 2.46. The van der Waals surface area contributed by atoms with Crippen LogP contribution in [-0.4, -0.2) is 56.9 Å². The molecule has 1 aromatic carbocycles. The van der Waals surface area contributed by atoms with Gasteiger partial charge in [-0.25, -0.2) is 8.78 Å². The highest BCUT2D eigenvalue weighted by Crippen LogP contribution is 2.40. The number of nitrogens with one attached hydrogen (secondary N) is 1. The summed E-state index contributed by atoms with van der Waals surface area (Å²) in [6.45, 7) is 0.711. The van der Waals surface area contributed by atoms with Crippen molar-refractivity contribution in [3.8, 4) is 0 Å². The summed E-state index contributed by atoms with van der Waals surface area (Å²) in [6, 6.07) is 2.71. The van der Waals surface area contributed by atoms with Gasteiger partial charge < -0.3 is 24.1 Å². The van der Waals surface area contributed by atoms with Crippen LogP contribution in [-0.2, 0) is 15.7 Å². The highest BCUT2D eigenvalue weighted by atomic mass is 19.4. The van der Waals surface area contributed by atoms with Crippen LogP contribution in [0.2, 0.25) is 0 Å². The van der Waals surface area contributed by atoms with Gasteiger partial charge in [-0.3, -0.25) is 4.79 Å². The maximum atomic E-state index is 15.1. The average Bonchev–Trinajstić information content (AvgIpc) is 3.04. The van der Waals surface area contributed by atoms with Crippen molar-refractivity contribution in [3.63, 3.8) is 0 Å². The van der Waals surface area contributed by atoms with Crippen LogP contribution in [0.25, 0.3) is 11.0 Å². The normalized spacial score (nSPS) is 22.9. The van der Waals surface area contributed by atoms with Gasteiger partial charge in [0.2, 0.25) is 5.76 Å². The number of benzene rings is 1. The van der Waals surface area contributed by atoms with E-state index in [4.69, 9.17) is 13.9 Å². The first kappa shape index (κ1) is 21.8. The fraction of sp³-hybridized carbons (Fsp3) is 0.550. The van der Waals surface area contributed by atoms with Gasteiger partial charge in [0.15, 0.2) is 0 Å². The maximum Gasteiger partial charge on any atom is 0.416 e. The quantitative estimate of drug-likeness (QED) is 0.721. The molecule has 2 aromatic rings. The number of hydrogen-bond acceptors (Lipinski definition) is 5. The third-order valence-corrected chi connectivity index (χ3v) is 5.47. The molecule has 11 heteroatoms. The van der Waals surface area contributed by atoms with Gasteiger partial charge in [-0.05, 0) is 24.6 Å². The van der Waals surface area contributed by atoms with E-state index in [0.29, 0.717) is 6.42 Å². The van der Waals surface area contributed by atoms with E-state index in [-0.39, 0.29) is 54.8 Å². The molecule has 6 nitrogen and oxygen atoms in total. The second-order valence-corrected chi connectivity index (χ2v) is 7.61. The number of carbonyl (C=O) groups is 1. The van der Waals surface area contributed by atoms with Gasteiger partial charge in [-0.1, -0.05) is 6.92 Å². The Kier molecular flexibility index (Phi) is 5.59. The fourth-order valence-electron chi connectivity index (χ4n) is 3.76. The van der Waals surface area contributed by atoms with E-state index < -0.39 is 36.2 Å². The van der Waals surface area contributed by atoms with Crippen LogP contribution < -0.4 is 10.2 Å². The molecule has 2 aliphatic heterocycles. The van der Waals surface area contributed by atoms with Crippen LogP contribution >= 0.6 is 0 Å². The third-order valence-electron chi connectivity index (χ3n) is 5.47. The minimum absolute atomic E-state index is 0.00593. The molecule has 1 aromatic heterocycles. The molecule has 0 aliphatic carbocycles. The van der Waals surface area contributed by atoms with E-state index in [0.717, 1.165) is 18.2 Å². The van der Waals surface area contributed by atoms with Crippen LogP contribution in [0.15, 0.2) is 22.6 Å². The van der Waals surface area contributed by atoms with Crippen molar-refractivity contribution in [2.24, 2.45) is 0 Å². The Morgan fingerprint density at radius 3 is 2.58 bits per heavy atom. The van der Waals surface area contributed by atoms with E-state index in [1.54, 1.807) is 0 Å². The summed E-state index contributed by atoms with van der Waals surface area (Å²) in [6.07, 6.45) is -5.76. The van der Waals surface area contributed by atoms with Crippen molar-refractivity contribution in [3.05, 3.63) is 29.5 Å². The number of furan rings is 1. The molecule has 1 amide bonds. The molecule has 0 bridgehead atoms. The highest BCUT2D eigenvalue weighted by molar-refractivity contribution is 6.07. The van der Waals surface area contributed by atoms with Gasteiger partial charge in [-0.2, -0.15) is 13.2 Å². The first-order chi connectivity index (χ1) is 14.6. The molecule has 1 saturated heterocycles. The topological polar surface area (TPSA) is 63.9 Å². The van der Waals surface area contributed by atoms with E-state index in [1.807, 2.05) is 6.92 Å². The Morgan fingerprint density at radius 2 is 1.94 bits per heavy atom. The summed E-state index contributed by atoms with van der Waals surface area (Å²) >= 11 is 0. The molecule has 170 valence electrons. The summed E-state index contributed by atoms with van der Waals surface area (Å²) < 4.78 is 85.9. The predicted molar refractivity (Wildman–Crippen MR) is 100 cm³/mol. The van der Waals surface area contributed by atoms with E-state index >= 15 is 8.78 Å². The number of carbonyl (C=O) groups excluding carboxylic acids is 1. The van der Waals surface area contributed by atoms with Crippen LogP contribution in [0.3, 0.4) is 0 Å². The molecule has 4 rings (SSSR count). The zero-order chi connectivity index (χ0) is 22.4. The lowest BCUT2D eigenvalue weighted by atomic mass is 10.1. The lowest BCUT2D eigenvalue weighted by molar-refractivity contribution is -0.212. The van der Waals surface area contributed by atoms with Gasteiger partial charge in [0.1, 0.15) is 11.7 Å². The second-order valence-electron chi connectivity index (χ2n) is 7.61. The minimum atomic E-state index is -4.64. The molecular weight excluding hydrogens is 427 g/mol. The van der Waals surface area contributed by atoms with Crippen LogP contribution in [0.1, 0.15) is 29.5 Å². The molecule has 2 atom stereocenters. The first-order valence-corrected chi connectivity index (χ1v) is 9.88. The number of nitrogens with zero attached hydrogens (tertiary/aromatic N) is 1. The Balaban J connectivity index is 1.69. The fourth-order valence-corrected chi connectivity index (χ4v) is 3.76. The van der Waals surface area contributed by atoms with Gasteiger partial charge in [0.05, 0.1) is 37.1 Å². The molecule has 31 heavy (non-hydrogen) atoms.